The zero-order valence-corrected chi connectivity index (χ0v) is 10.00. The summed E-state index contributed by atoms with van der Waals surface area (Å²) in [6.45, 7) is 2.11. The number of nitrogens with zero attached hydrogens (tertiary/aromatic N) is 1. The van der Waals surface area contributed by atoms with Crippen molar-refractivity contribution in [3.05, 3.63) is 29.8 Å². The Morgan fingerprint density at radius 2 is 2.33 bits per heavy atom. The molecule has 0 aliphatic heterocycles. The number of carbonyl (C=O) groups is 1. The summed E-state index contributed by atoms with van der Waals surface area (Å²) in [7, 11) is 0. The zero-order chi connectivity index (χ0) is 12.8. The SMILES string of the molecule is CCOC(=O)C1(c2nc3c(F)cccc3[nH]2)CC1. The van der Waals surface area contributed by atoms with Gasteiger partial charge in [-0.25, -0.2) is 9.37 Å². The van der Waals surface area contributed by atoms with E-state index in [2.05, 4.69) is 9.97 Å². The highest BCUT2D eigenvalue weighted by Gasteiger charge is 2.55. The molecule has 94 valence electrons. The number of fused-ring (bicyclic) bond motifs is 1. The van der Waals surface area contributed by atoms with E-state index < -0.39 is 5.41 Å². The molecule has 1 fully saturated rings. The molecule has 0 spiro atoms. The van der Waals surface area contributed by atoms with Crippen LogP contribution in [0.5, 0.6) is 0 Å². The number of hydrogen-bond acceptors (Lipinski definition) is 3. The van der Waals surface area contributed by atoms with Gasteiger partial charge >= 0.3 is 5.97 Å². The molecule has 0 bridgehead atoms. The fraction of sp³-hybridized carbons (Fsp3) is 0.385. The monoisotopic (exact) mass is 248 g/mol. The van der Waals surface area contributed by atoms with Gasteiger partial charge in [-0.3, -0.25) is 4.79 Å². The highest BCUT2D eigenvalue weighted by molar-refractivity contribution is 5.87. The van der Waals surface area contributed by atoms with Crippen molar-refractivity contribution in [3.63, 3.8) is 0 Å². The minimum Gasteiger partial charge on any atom is -0.465 e. The quantitative estimate of drug-likeness (QED) is 0.848. The number of aromatic nitrogens is 2. The first-order valence-corrected chi connectivity index (χ1v) is 5.99. The number of aromatic amines is 1. The van der Waals surface area contributed by atoms with Crippen molar-refractivity contribution in [2.75, 3.05) is 6.61 Å². The highest BCUT2D eigenvalue weighted by atomic mass is 19.1. The summed E-state index contributed by atoms with van der Waals surface area (Å²) in [5, 5.41) is 0. The van der Waals surface area contributed by atoms with Crippen LogP contribution in [-0.2, 0) is 14.9 Å². The topological polar surface area (TPSA) is 55.0 Å². The lowest BCUT2D eigenvalue weighted by Gasteiger charge is -2.10. The van der Waals surface area contributed by atoms with Crippen LogP contribution in [0.4, 0.5) is 4.39 Å². The molecule has 0 unspecified atom stereocenters. The Morgan fingerprint density at radius 1 is 1.56 bits per heavy atom. The third-order valence-corrected chi connectivity index (χ3v) is 3.33. The van der Waals surface area contributed by atoms with E-state index in [0.29, 0.717) is 30.8 Å². The molecule has 1 aromatic carbocycles. The number of esters is 1. The number of ether oxygens (including phenoxy) is 1. The molecule has 5 heteroatoms. The number of halogens is 1. The second-order valence-electron chi connectivity index (χ2n) is 4.52. The Morgan fingerprint density at radius 3 is 2.94 bits per heavy atom. The number of rotatable bonds is 3. The van der Waals surface area contributed by atoms with E-state index in [1.54, 1.807) is 19.1 Å². The van der Waals surface area contributed by atoms with Crippen molar-refractivity contribution in [1.29, 1.82) is 0 Å². The average Bonchev–Trinajstić information content (AvgIpc) is 3.04. The van der Waals surface area contributed by atoms with E-state index in [-0.39, 0.29) is 17.3 Å². The lowest BCUT2D eigenvalue weighted by atomic mass is 10.1. The second kappa shape index (κ2) is 3.80. The van der Waals surface area contributed by atoms with Gasteiger partial charge in [-0.1, -0.05) is 6.07 Å². The number of benzene rings is 1. The second-order valence-corrected chi connectivity index (χ2v) is 4.52. The van der Waals surface area contributed by atoms with E-state index in [1.165, 1.54) is 6.07 Å². The van der Waals surface area contributed by atoms with Crippen LogP contribution in [0.2, 0.25) is 0 Å². The standard InChI is InChI=1S/C13H13FN2O2/c1-2-18-12(17)13(6-7-13)11-15-9-5-3-4-8(14)10(9)16-11/h3-5H,2,6-7H2,1H3,(H,15,16). The number of H-pyrrole nitrogens is 1. The van der Waals surface area contributed by atoms with Gasteiger partial charge in [-0.05, 0) is 31.9 Å². The molecular formula is C13H13FN2O2. The molecule has 0 saturated heterocycles. The van der Waals surface area contributed by atoms with Crippen molar-refractivity contribution >= 4 is 17.0 Å². The first kappa shape index (κ1) is 11.2. The van der Waals surface area contributed by atoms with Crippen LogP contribution < -0.4 is 0 Å². The Bertz CT molecular complexity index is 616. The van der Waals surface area contributed by atoms with Crippen LogP contribution in [0.15, 0.2) is 18.2 Å². The summed E-state index contributed by atoms with van der Waals surface area (Å²) >= 11 is 0. The van der Waals surface area contributed by atoms with Crippen LogP contribution in [0.3, 0.4) is 0 Å². The summed E-state index contributed by atoms with van der Waals surface area (Å²) in [5.74, 6) is -0.139. The molecular weight excluding hydrogens is 235 g/mol. The molecule has 0 atom stereocenters. The summed E-state index contributed by atoms with van der Waals surface area (Å²) in [6, 6.07) is 4.72. The fourth-order valence-corrected chi connectivity index (χ4v) is 2.16. The number of nitrogens with one attached hydrogen (secondary N) is 1. The van der Waals surface area contributed by atoms with Gasteiger partial charge in [0.25, 0.3) is 0 Å². The molecule has 1 heterocycles. The molecule has 1 saturated carbocycles. The highest BCUT2D eigenvalue weighted by Crippen LogP contribution is 2.48. The van der Waals surface area contributed by atoms with Crippen molar-refractivity contribution in [2.24, 2.45) is 0 Å². The molecule has 3 rings (SSSR count). The lowest BCUT2D eigenvalue weighted by Crippen LogP contribution is -2.24. The van der Waals surface area contributed by atoms with Crippen molar-refractivity contribution < 1.29 is 13.9 Å². The van der Waals surface area contributed by atoms with Crippen LogP contribution in [0.1, 0.15) is 25.6 Å². The third kappa shape index (κ3) is 1.50. The predicted molar refractivity (Wildman–Crippen MR) is 63.6 cm³/mol. The van der Waals surface area contributed by atoms with Gasteiger partial charge in [0.05, 0.1) is 12.1 Å². The van der Waals surface area contributed by atoms with E-state index in [1.807, 2.05) is 0 Å². The minimum absolute atomic E-state index is 0.274. The maximum atomic E-state index is 13.6. The molecule has 1 aliphatic carbocycles. The van der Waals surface area contributed by atoms with E-state index in [0.717, 1.165) is 0 Å². The van der Waals surface area contributed by atoms with Gasteiger partial charge < -0.3 is 9.72 Å². The zero-order valence-electron chi connectivity index (χ0n) is 10.00. The van der Waals surface area contributed by atoms with Gasteiger partial charge in [-0.2, -0.15) is 0 Å². The van der Waals surface area contributed by atoms with Gasteiger partial charge in [0.1, 0.15) is 16.8 Å². The van der Waals surface area contributed by atoms with E-state index in [9.17, 15) is 9.18 Å². The molecule has 0 radical (unpaired) electrons. The Kier molecular flexibility index (Phi) is 2.36. The summed E-state index contributed by atoms with van der Waals surface area (Å²) in [4.78, 5) is 19.2. The molecule has 0 amide bonds. The van der Waals surface area contributed by atoms with Gasteiger partial charge in [-0.15, -0.1) is 0 Å². The number of imidazole rings is 1. The third-order valence-electron chi connectivity index (χ3n) is 3.33. The van der Waals surface area contributed by atoms with E-state index in [4.69, 9.17) is 4.74 Å². The van der Waals surface area contributed by atoms with E-state index >= 15 is 0 Å². The predicted octanol–water partition coefficient (Wildman–Crippen LogP) is 2.30. The molecule has 4 nitrogen and oxygen atoms in total. The average molecular weight is 248 g/mol. The Balaban J connectivity index is 2.05. The maximum Gasteiger partial charge on any atom is 0.319 e. The van der Waals surface area contributed by atoms with Crippen molar-refractivity contribution in [1.82, 2.24) is 9.97 Å². The largest absolute Gasteiger partial charge is 0.465 e. The van der Waals surface area contributed by atoms with Gasteiger partial charge in [0.2, 0.25) is 0 Å². The van der Waals surface area contributed by atoms with Crippen LogP contribution in [0, 0.1) is 5.82 Å². The number of carbonyl (C=O) groups excluding carboxylic acids is 1. The van der Waals surface area contributed by atoms with Crippen molar-refractivity contribution in [2.45, 2.75) is 25.2 Å². The Labute approximate surface area is 103 Å². The van der Waals surface area contributed by atoms with Crippen molar-refractivity contribution in [3.8, 4) is 0 Å². The maximum absolute atomic E-state index is 13.6. The number of para-hydroxylation sites is 1. The first-order chi connectivity index (χ1) is 8.67. The van der Waals surface area contributed by atoms with Crippen LogP contribution >= 0.6 is 0 Å². The minimum atomic E-state index is -0.679. The number of hydrogen-bond donors (Lipinski definition) is 1. The summed E-state index contributed by atoms with van der Waals surface area (Å²) in [6.07, 6.45) is 1.40. The summed E-state index contributed by atoms with van der Waals surface area (Å²) in [5.41, 5.74) is 0.213. The van der Waals surface area contributed by atoms with Crippen LogP contribution in [0.25, 0.3) is 11.0 Å². The molecule has 1 aliphatic rings. The van der Waals surface area contributed by atoms with Crippen LogP contribution in [-0.4, -0.2) is 22.5 Å². The Hall–Kier alpha value is -1.91. The van der Waals surface area contributed by atoms with Gasteiger partial charge in [0, 0.05) is 0 Å². The molecule has 1 N–H and O–H groups in total. The molecule has 2 aromatic rings. The lowest BCUT2D eigenvalue weighted by molar-refractivity contribution is -0.146. The fourth-order valence-electron chi connectivity index (χ4n) is 2.16. The molecule has 18 heavy (non-hydrogen) atoms. The smallest absolute Gasteiger partial charge is 0.319 e. The summed E-state index contributed by atoms with van der Waals surface area (Å²) < 4.78 is 18.6. The first-order valence-electron chi connectivity index (χ1n) is 5.99. The van der Waals surface area contributed by atoms with Gasteiger partial charge in [0.15, 0.2) is 5.82 Å². The molecule has 1 aromatic heterocycles. The normalized spacial score (nSPS) is 16.8.